The van der Waals surface area contributed by atoms with Gasteiger partial charge >= 0.3 is 0 Å². The van der Waals surface area contributed by atoms with E-state index in [2.05, 4.69) is 5.32 Å². The molecule has 0 bridgehead atoms. The standard InChI is InChI=1S/C25H33N3O6S/c1-6-18(3)26-25(30)19(4)27(14-20-9-7-8-17(2)12-20)24(29)15-28(35(5,31)32)21-10-11-22-23(13-21)34-16-33-22/h7-13,18-19H,6,14-16H2,1-5H3,(H,26,30)/t18-,19+/m1/s1. The molecule has 0 aliphatic carbocycles. The quantitative estimate of drug-likeness (QED) is 0.535. The lowest BCUT2D eigenvalue weighted by molar-refractivity contribution is -0.139. The maximum absolute atomic E-state index is 13.6. The van der Waals surface area contributed by atoms with Crippen LogP contribution in [0.15, 0.2) is 42.5 Å². The molecule has 2 atom stereocenters. The van der Waals surface area contributed by atoms with Gasteiger partial charge in [0.15, 0.2) is 11.5 Å². The highest BCUT2D eigenvalue weighted by molar-refractivity contribution is 7.92. The van der Waals surface area contributed by atoms with Gasteiger partial charge in [-0.15, -0.1) is 0 Å². The molecule has 2 amide bonds. The van der Waals surface area contributed by atoms with Gasteiger partial charge in [0.05, 0.1) is 11.9 Å². The Morgan fingerprint density at radius 2 is 1.80 bits per heavy atom. The Kier molecular flexibility index (Phi) is 8.26. The van der Waals surface area contributed by atoms with Crippen LogP contribution in [0.4, 0.5) is 5.69 Å². The Morgan fingerprint density at radius 1 is 1.09 bits per heavy atom. The Bertz CT molecular complexity index is 1180. The van der Waals surface area contributed by atoms with Gasteiger partial charge in [0.25, 0.3) is 0 Å². The van der Waals surface area contributed by atoms with E-state index in [0.717, 1.165) is 28.1 Å². The average molecular weight is 504 g/mol. The maximum Gasteiger partial charge on any atom is 0.244 e. The molecule has 2 aromatic rings. The van der Waals surface area contributed by atoms with E-state index >= 15 is 0 Å². The summed E-state index contributed by atoms with van der Waals surface area (Å²) in [6.07, 6.45) is 1.78. The fourth-order valence-corrected chi connectivity index (χ4v) is 4.55. The van der Waals surface area contributed by atoms with E-state index in [0.29, 0.717) is 11.5 Å². The van der Waals surface area contributed by atoms with E-state index in [9.17, 15) is 18.0 Å². The molecule has 0 saturated carbocycles. The lowest BCUT2D eigenvalue weighted by Crippen LogP contribution is -2.52. The average Bonchev–Trinajstić information content (AvgIpc) is 3.27. The van der Waals surface area contributed by atoms with Gasteiger partial charge in [0, 0.05) is 18.7 Å². The number of anilines is 1. The summed E-state index contributed by atoms with van der Waals surface area (Å²) in [5.74, 6) is 0.113. The van der Waals surface area contributed by atoms with Gasteiger partial charge < -0.3 is 19.7 Å². The summed E-state index contributed by atoms with van der Waals surface area (Å²) in [6, 6.07) is 11.5. The van der Waals surface area contributed by atoms with Crippen LogP contribution in [0.1, 0.15) is 38.3 Å². The summed E-state index contributed by atoms with van der Waals surface area (Å²) in [5, 5.41) is 2.91. The predicted octanol–water partition coefficient (Wildman–Crippen LogP) is 2.82. The minimum Gasteiger partial charge on any atom is -0.454 e. The highest BCUT2D eigenvalue weighted by atomic mass is 32.2. The summed E-state index contributed by atoms with van der Waals surface area (Å²) < 4.78 is 37.1. The van der Waals surface area contributed by atoms with Crippen LogP contribution in [-0.4, -0.2) is 56.8 Å². The number of hydrogen-bond donors (Lipinski definition) is 1. The van der Waals surface area contributed by atoms with Crippen molar-refractivity contribution in [3.05, 3.63) is 53.6 Å². The Balaban J connectivity index is 1.91. The second-order valence-electron chi connectivity index (χ2n) is 8.81. The zero-order valence-electron chi connectivity index (χ0n) is 20.8. The number of rotatable bonds is 10. The summed E-state index contributed by atoms with van der Waals surface area (Å²) in [7, 11) is -3.82. The number of carbonyl (C=O) groups is 2. The molecule has 1 N–H and O–H groups in total. The van der Waals surface area contributed by atoms with E-state index in [-0.39, 0.29) is 31.0 Å². The van der Waals surface area contributed by atoms with Crippen molar-refractivity contribution in [3.63, 3.8) is 0 Å². The topological polar surface area (TPSA) is 105 Å². The number of amides is 2. The molecule has 0 aromatic heterocycles. The van der Waals surface area contributed by atoms with E-state index in [1.165, 1.54) is 11.0 Å². The summed E-state index contributed by atoms with van der Waals surface area (Å²) >= 11 is 0. The van der Waals surface area contributed by atoms with Crippen LogP contribution in [0.3, 0.4) is 0 Å². The fraction of sp³-hybridized carbons (Fsp3) is 0.440. The molecule has 0 saturated heterocycles. The van der Waals surface area contributed by atoms with E-state index in [4.69, 9.17) is 9.47 Å². The van der Waals surface area contributed by atoms with Crippen LogP contribution in [0.2, 0.25) is 0 Å². The minimum atomic E-state index is -3.82. The van der Waals surface area contributed by atoms with Crippen LogP contribution < -0.4 is 19.1 Å². The van der Waals surface area contributed by atoms with Crippen LogP contribution in [0, 0.1) is 6.92 Å². The van der Waals surface area contributed by atoms with Gasteiger partial charge in [-0.2, -0.15) is 0 Å². The van der Waals surface area contributed by atoms with E-state index in [1.54, 1.807) is 19.1 Å². The second kappa shape index (κ2) is 11.0. The van der Waals surface area contributed by atoms with Crippen LogP contribution >= 0.6 is 0 Å². The number of benzene rings is 2. The third kappa shape index (κ3) is 6.66. The Labute approximate surface area is 207 Å². The van der Waals surface area contributed by atoms with E-state index < -0.39 is 28.5 Å². The highest BCUT2D eigenvalue weighted by Gasteiger charge is 2.31. The third-order valence-corrected chi connectivity index (χ3v) is 7.07. The SMILES string of the molecule is CC[C@@H](C)NC(=O)[C@H](C)N(Cc1cccc(C)c1)C(=O)CN(c1ccc2c(c1)OCO2)S(C)(=O)=O. The van der Waals surface area contributed by atoms with Crippen molar-refractivity contribution in [2.24, 2.45) is 0 Å². The minimum absolute atomic E-state index is 0.0453. The summed E-state index contributed by atoms with van der Waals surface area (Å²) in [4.78, 5) is 27.9. The first-order chi connectivity index (χ1) is 16.5. The number of ether oxygens (including phenoxy) is 2. The molecule has 1 heterocycles. The molecular weight excluding hydrogens is 470 g/mol. The van der Waals surface area contributed by atoms with Gasteiger partial charge in [-0.1, -0.05) is 36.8 Å². The van der Waals surface area contributed by atoms with Crippen molar-refractivity contribution in [2.75, 3.05) is 23.9 Å². The molecule has 190 valence electrons. The lowest BCUT2D eigenvalue weighted by atomic mass is 10.1. The smallest absolute Gasteiger partial charge is 0.244 e. The number of hydrogen-bond acceptors (Lipinski definition) is 6. The molecule has 0 spiro atoms. The molecule has 0 fully saturated rings. The van der Waals surface area contributed by atoms with Gasteiger partial charge in [0.2, 0.25) is 28.6 Å². The fourth-order valence-electron chi connectivity index (χ4n) is 3.71. The molecule has 1 aliphatic rings. The molecule has 1 aliphatic heterocycles. The first-order valence-corrected chi connectivity index (χ1v) is 13.4. The maximum atomic E-state index is 13.6. The van der Waals surface area contributed by atoms with Crippen LogP contribution in [0.25, 0.3) is 0 Å². The second-order valence-corrected chi connectivity index (χ2v) is 10.7. The molecular formula is C25H33N3O6S. The van der Waals surface area contributed by atoms with Gasteiger partial charge in [0.1, 0.15) is 12.6 Å². The molecule has 2 aromatic carbocycles. The highest BCUT2D eigenvalue weighted by Crippen LogP contribution is 2.36. The van der Waals surface area contributed by atoms with Crippen LogP contribution in [-0.2, 0) is 26.2 Å². The Hall–Kier alpha value is -3.27. The molecule has 3 rings (SSSR count). The monoisotopic (exact) mass is 503 g/mol. The third-order valence-electron chi connectivity index (χ3n) is 5.93. The predicted molar refractivity (Wildman–Crippen MR) is 134 cm³/mol. The number of sulfonamides is 1. The number of aryl methyl sites for hydroxylation is 1. The zero-order valence-corrected chi connectivity index (χ0v) is 21.6. The van der Waals surface area contributed by atoms with Crippen molar-refractivity contribution in [1.82, 2.24) is 10.2 Å². The number of nitrogens with one attached hydrogen (secondary N) is 1. The van der Waals surface area contributed by atoms with Gasteiger partial charge in [-0.3, -0.25) is 13.9 Å². The van der Waals surface area contributed by atoms with Crippen molar-refractivity contribution in [2.45, 2.75) is 52.7 Å². The normalized spacial score (nSPS) is 14.2. The summed E-state index contributed by atoms with van der Waals surface area (Å²) in [6.45, 7) is 7.18. The van der Waals surface area contributed by atoms with Gasteiger partial charge in [-0.05, 0) is 44.9 Å². The Morgan fingerprint density at radius 3 is 2.46 bits per heavy atom. The summed E-state index contributed by atoms with van der Waals surface area (Å²) in [5.41, 5.74) is 2.14. The molecule has 10 heteroatoms. The molecule has 9 nitrogen and oxygen atoms in total. The van der Waals surface area contributed by atoms with Crippen molar-refractivity contribution < 1.29 is 27.5 Å². The molecule has 0 unspecified atom stereocenters. The lowest BCUT2D eigenvalue weighted by Gasteiger charge is -2.32. The van der Waals surface area contributed by atoms with E-state index in [1.807, 2.05) is 45.0 Å². The van der Waals surface area contributed by atoms with Crippen LogP contribution in [0.5, 0.6) is 11.5 Å². The van der Waals surface area contributed by atoms with Gasteiger partial charge in [-0.25, -0.2) is 8.42 Å². The largest absolute Gasteiger partial charge is 0.454 e. The van der Waals surface area contributed by atoms with Crippen molar-refractivity contribution >= 4 is 27.5 Å². The van der Waals surface area contributed by atoms with Crippen molar-refractivity contribution in [1.29, 1.82) is 0 Å². The number of nitrogens with zero attached hydrogens (tertiary/aromatic N) is 2. The number of carbonyl (C=O) groups excluding carboxylic acids is 2. The first-order valence-electron chi connectivity index (χ1n) is 11.5. The molecule has 0 radical (unpaired) electrons. The van der Waals surface area contributed by atoms with Crippen molar-refractivity contribution in [3.8, 4) is 11.5 Å². The first kappa shape index (κ1) is 26.3. The molecule has 35 heavy (non-hydrogen) atoms. The number of fused-ring (bicyclic) bond motifs is 1. The zero-order chi connectivity index (χ0) is 25.8.